The first-order valence-electron chi connectivity index (χ1n) is 11.1. The van der Waals surface area contributed by atoms with Crippen molar-refractivity contribution in [1.82, 2.24) is 24.9 Å². The van der Waals surface area contributed by atoms with E-state index in [4.69, 9.17) is 4.98 Å². The van der Waals surface area contributed by atoms with Gasteiger partial charge in [-0.25, -0.2) is 13.8 Å². The third kappa shape index (κ3) is 5.45. The second-order valence-corrected chi connectivity index (χ2v) is 8.65. The molecule has 1 aromatic carbocycles. The molecule has 35 heavy (non-hydrogen) atoms. The van der Waals surface area contributed by atoms with Crippen LogP contribution in [-0.2, 0) is 6.42 Å². The number of hydrogen-bond donors (Lipinski definition) is 3. The number of likely N-dealkylation sites (N-methyl/N-ethyl adjacent to an activating group) is 1. The van der Waals surface area contributed by atoms with E-state index in [9.17, 15) is 13.9 Å². The van der Waals surface area contributed by atoms with Crippen LogP contribution in [0.2, 0.25) is 0 Å². The molecule has 0 aliphatic rings. The topological polar surface area (TPSA) is 87.4 Å². The average Bonchev–Trinajstić information content (AvgIpc) is 3.23. The highest BCUT2D eigenvalue weighted by Gasteiger charge is 2.21. The van der Waals surface area contributed by atoms with Crippen molar-refractivity contribution >= 4 is 11.6 Å². The summed E-state index contributed by atoms with van der Waals surface area (Å²) in [5.74, 6) is 5.00. The van der Waals surface area contributed by atoms with Crippen molar-refractivity contribution < 1.29 is 13.9 Å². The molecule has 0 radical (unpaired) electrons. The molecule has 7 nitrogen and oxygen atoms in total. The predicted octanol–water partition coefficient (Wildman–Crippen LogP) is 3.74. The van der Waals surface area contributed by atoms with Gasteiger partial charge in [0.15, 0.2) is 5.65 Å². The summed E-state index contributed by atoms with van der Waals surface area (Å²) in [7, 11) is 3.53. The molecule has 0 spiro atoms. The lowest BCUT2D eigenvalue weighted by Crippen LogP contribution is -2.22. The molecule has 4 rings (SSSR count). The van der Waals surface area contributed by atoms with Gasteiger partial charge in [0.2, 0.25) is 5.95 Å². The van der Waals surface area contributed by atoms with Crippen molar-refractivity contribution in [3.8, 4) is 23.0 Å². The van der Waals surface area contributed by atoms with Crippen LogP contribution in [0.5, 0.6) is 0 Å². The quantitative estimate of drug-likeness (QED) is 0.368. The van der Waals surface area contributed by atoms with E-state index < -0.39 is 23.3 Å². The van der Waals surface area contributed by atoms with Crippen LogP contribution in [0.15, 0.2) is 48.7 Å². The van der Waals surface area contributed by atoms with Gasteiger partial charge in [-0.3, -0.25) is 4.40 Å². The zero-order valence-corrected chi connectivity index (χ0v) is 19.9. The summed E-state index contributed by atoms with van der Waals surface area (Å²) in [6.07, 6.45) is 2.14. The van der Waals surface area contributed by atoms with Crippen LogP contribution in [0, 0.1) is 23.5 Å². The number of rotatable bonds is 6. The molecule has 3 aromatic heterocycles. The highest BCUT2D eigenvalue weighted by Crippen LogP contribution is 2.32. The lowest BCUT2D eigenvalue weighted by molar-refractivity contribution is 0.143. The summed E-state index contributed by atoms with van der Waals surface area (Å²) in [6, 6.07) is 10.5. The van der Waals surface area contributed by atoms with E-state index in [1.165, 1.54) is 12.1 Å². The van der Waals surface area contributed by atoms with Gasteiger partial charge in [-0.2, -0.15) is 0 Å². The number of anilines is 1. The van der Waals surface area contributed by atoms with Crippen LogP contribution in [0.3, 0.4) is 0 Å². The molecular weight excluding hydrogens is 450 g/mol. The summed E-state index contributed by atoms with van der Waals surface area (Å²) < 4.78 is 29.6. The first kappa shape index (κ1) is 24.3. The molecule has 180 valence electrons. The van der Waals surface area contributed by atoms with E-state index >= 15 is 0 Å². The van der Waals surface area contributed by atoms with Gasteiger partial charge in [0.05, 0.1) is 11.7 Å². The number of fused-ring (bicyclic) bond motifs is 1. The van der Waals surface area contributed by atoms with Gasteiger partial charge < -0.3 is 15.7 Å². The Morgan fingerprint density at radius 3 is 2.46 bits per heavy atom. The maximum Gasteiger partial charge on any atom is 0.228 e. The molecular formula is C26H26F2N6O. The molecule has 0 aliphatic carbocycles. The summed E-state index contributed by atoms with van der Waals surface area (Å²) in [4.78, 5) is 4.79. The molecule has 4 aromatic rings. The van der Waals surface area contributed by atoms with E-state index in [1.807, 2.05) is 28.8 Å². The third-order valence-electron chi connectivity index (χ3n) is 5.41. The molecule has 0 saturated carbocycles. The molecule has 0 aliphatic heterocycles. The molecule has 0 fully saturated rings. The zero-order chi connectivity index (χ0) is 25.2. The van der Waals surface area contributed by atoms with Gasteiger partial charge in [-0.05, 0) is 75.2 Å². The van der Waals surface area contributed by atoms with Gasteiger partial charge in [-0.15, -0.1) is 10.2 Å². The van der Waals surface area contributed by atoms with Crippen LogP contribution in [0.25, 0.3) is 16.8 Å². The highest BCUT2D eigenvalue weighted by atomic mass is 19.1. The second-order valence-electron chi connectivity index (χ2n) is 8.65. The Kier molecular flexibility index (Phi) is 6.78. The summed E-state index contributed by atoms with van der Waals surface area (Å²) in [5.41, 5.74) is 2.58. The van der Waals surface area contributed by atoms with E-state index in [-0.39, 0.29) is 6.42 Å². The third-order valence-corrected chi connectivity index (χ3v) is 5.41. The van der Waals surface area contributed by atoms with Crippen LogP contribution in [-0.4, -0.2) is 44.4 Å². The molecule has 0 amide bonds. The van der Waals surface area contributed by atoms with Crippen molar-refractivity contribution in [2.45, 2.75) is 31.9 Å². The predicted molar refractivity (Wildman–Crippen MR) is 131 cm³/mol. The molecule has 3 N–H and O–H groups in total. The number of nitrogens with zero attached hydrogens (tertiary/aromatic N) is 4. The van der Waals surface area contributed by atoms with Crippen molar-refractivity contribution in [3.05, 3.63) is 77.2 Å². The van der Waals surface area contributed by atoms with Gasteiger partial charge in [0.25, 0.3) is 0 Å². The Labute approximate surface area is 202 Å². The van der Waals surface area contributed by atoms with Crippen molar-refractivity contribution in [2.24, 2.45) is 0 Å². The Morgan fingerprint density at radius 2 is 1.80 bits per heavy atom. The molecule has 9 heteroatoms. The lowest BCUT2D eigenvalue weighted by atomic mass is 9.95. The first-order valence-corrected chi connectivity index (χ1v) is 11.1. The van der Waals surface area contributed by atoms with Crippen molar-refractivity contribution in [2.75, 3.05) is 19.4 Å². The van der Waals surface area contributed by atoms with E-state index in [1.54, 1.807) is 34.0 Å². The Hall–Kier alpha value is -3.87. The van der Waals surface area contributed by atoms with Gasteiger partial charge in [0, 0.05) is 30.4 Å². The van der Waals surface area contributed by atoms with Crippen LogP contribution in [0.1, 0.15) is 36.8 Å². The molecule has 0 saturated heterocycles. The smallest absolute Gasteiger partial charge is 0.228 e. The molecule has 0 bridgehead atoms. The van der Waals surface area contributed by atoms with Crippen LogP contribution in [0.4, 0.5) is 14.7 Å². The maximum atomic E-state index is 13.9. The van der Waals surface area contributed by atoms with Gasteiger partial charge >= 0.3 is 0 Å². The number of benzene rings is 1. The van der Waals surface area contributed by atoms with E-state index in [0.29, 0.717) is 28.5 Å². The number of aliphatic hydroxyl groups is 1. The van der Waals surface area contributed by atoms with Crippen LogP contribution >= 0.6 is 0 Å². The SMILES string of the molecule is CNc1nnc2c(-c3ccc(C#CC(C)(C)O)nc3C(Cc3cc(F)cc(F)c3)NC)cccn12. The monoisotopic (exact) mass is 476 g/mol. The summed E-state index contributed by atoms with van der Waals surface area (Å²) in [5, 5.41) is 24.8. The minimum absolute atomic E-state index is 0.283. The first-order chi connectivity index (χ1) is 16.7. The second kappa shape index (κ2) is 9.78. The Bertz CT molecular complexity index is 1410. The minimum atomic E-state index is -1.18. The average molecular weight is 477 g/mol. The van der Waals surface area contributed by atoms with Crippen molar-refractivity contribution in [3.63, 3.8) is 0 Å². The van der Waals surface area contributed by atoms with Crippen molar-refractivity contribution in [1.29, 1.82) is 0 Å². The van der Waals surface area contributed by atoms with Crippen LogP contribution < -0.4 is 10.6 Å². The normalized spacial score (nSPS) is 12.3. The number of pyridine rings is 2. The largest absolute Gasteiger partial charge is 0.378 e. The number of hydrogen-bond acceptors (Lipinski definition) is 6. The Balaban J connectivity index is 1.88. The minimum Gasteiger partial charge on any atom is -0.378 e. The molecule has 1 unspecified atom stereocenters. The zero-order valence-electron chi connectivity index (χ0n) is 19.9. The summed E-state index contributed by atoms with van der Waals surface area (Å²) >= 11 is 0. The fourth-order valence-electron chi connectivity index (χ4n) is 3.85. The highest BCUT2D eigenvalue weighted by molar-refractivity contribution is 5.80. The molecule has 3 heterocycles. The standard InChI is InChI=1S/C26H26F2N6O/c1-26(2,35)10-9-19-7-8-20(21-6-5-11-34-24(21)32-33-25(34)30-4)23(31-19)22(29-3)14-16-12-17(27)15-18(28)13-16/h5-8,11-13,15,22,29,35H,14H2,1-4H3,(H,30,33). The number of aromatic nitrogens is 4. The lowest BCUT2D eigenvalue weighted by Gasteiger charge is -2.20. The van der Waals surface area contributed by atoms with E-state index in [2.05, 4.69) is 32.7 Å². The Morgan fingerprint density at radius 1 is 1.06 bits per heavy atom. The maximum absolute atomic E-state index is 13.9. The fourth-order valence-corrected chi connectivity index (χ4v) is 3.85. The molecule has 1 atom stereocenters. The number of halogens is 2. The fraction of sp³-hybridized carbons (Fsp3) is 0.269. The van der Waals surface area contributed by atoms with Gasteiger partial charge in [0.1, 0.15) is 22.9 Å². The summed E-state index contributed by atoms with van der Waals surface area (Å²) in [6.45, 7) is 3.19. The van der Waals surface area contributed by atoms with E-state index in [0.717, 1.165) is 17.2 Å². The number of nitrogens with one attached hydrogen (secondary N) is 2. The van der Waals surface area contributed by atoms with Gasteiger partial charge in [-0.1, -0.05) is 5.92 Å².